The van der Waals surface area contributed by atoms with Gasteiger partial charge in [0.15, 0.2) is 0 Å². The molecule has 0 heterocycles. The van der Waals surface area contributed by atoms with E-state index < -0.39 is 35.6 Å². The van der Waals surface area contributed by atoms with Crippen LogP contribution in [-0.4, -0.2) is 51.4 Å². The quantitative estimate of drug-likeness (QED) is 0.363. The molecule has 1 aliphatic rings. The molecule has 2 aromatic carbocycles. The minimum atomic E-state index is -1.09. The molecule has 10 heteroatoms. The zero-order valence-corrected chi connectivity index (χ0v) is 22.4. The Morgan fingerprint density at radius 3 is 2.42 bits per heavy atom. The number of benzene rings is 2. The molecule has 2 atom stereocenters. The van der Waals surface area contributed by atoms with Gasteiger partial charge in [0.25, 0.3) is 5.91 Å². The van der Waals surface area contributed by atoms with Crippen LogP contribution in [0.25, 0.3) is 0 Å². The number of nitrogens with one attached hydrogen (secondary N) is 2. The lowest BCUT2D eigenvalue weighted by atomic mass is 10.0. The van der Waals surface area contributed by atoms with Crippen molar-refractivity contribution in [2.45, 2.75) is 64.3 Å². The number of rotatable bonds is 8. The van der Waals surface area contributed by atoms with Crippen molar-refractivity contribution in [2.24, 2.45) is 0 Å². The number of hydrogen-bond acceptors (Lipinski definition) is 6. The Bertz CT molecular complexity index is 1110. The van der Waals surface area contributed by atoms with Gasteiger partial charge >= 0.3 is 6.09 Å². The van der Waals surface area contributed by atoms with Crippen molar-refractivity contribution >= 4 is 47.8 Å². The lowest BCUT2D eigenvalue weighted by Crippen LogP contribution is -2.54. The highest BCUT2D eigenvalue weighted by Gasteiger charge is 2.44. The van der Waals surface area contributed by atoms with Crippen LogP contribution in [0.5, 0.6) is 5.75 Å². The Morgan fingerprint density at radius 2 is 1.86 bits per heavy atom. The third-order valence-corrected chi connectivity index (χ3v) is 6.23. The van der Waals surface area contributed by atoms with Crippen LogP contribution in [0.2, 0.25) is 5.02 Å². The Hall–Kier alpha value is -2.91. The van der Waals surface area contributed by atoms with Crippen LogP contribution in [0.1, 0.15) is 50.8 Å². The largest absolute Gasteiger partial charge is 0.508 e. The molecule has 0 aromatic heterocycles. The van der Waals surface area contributed by atoms with Crippen LogP contribution in [-0.2, 0) is 14.3 Å². The third kappa shape index (κ3) is 7.07. The van der Waals surface area contributed by atoms with Crippen molar-refractivity contribution in [3.05, 3.63) is 58.6 Å². The van der Waals surface area contributed by atoms with Gasteiger partial charge in [-0.15, -0.1) is 0 Å². The van der Waals surface area contributed by atoms with Gasteiger partial charge in [-0.1, -0.05) is 35.9 Å². The molecule has 0 spiro atoms. The average molecular weight is 534 g/mol. The van der Waals surface area contributed by atoms with E-state index in [1.54, 1.807) is 45.0 Å². The summed E-state index contributed by atoms with van der Waals surface area (Å²) in [5.74, 6) is -1.01. The number of para-hydroxylation sites is 1. The minimum absolute atomic E-state index is 0.000698. The van der Waals surface area contributed by atoms with Gasteiger partial charge in [0.2, 0.25) is 5.91 Å². The standard InChI is InChI=1S/C26H32ClN3O5S/c1-15-7-5-10-19(27)21(15)29-23(32)22(16-8-6-9-18(31)13-16)30(17-11-12-17)24(33)20(14-36)28-25(34)35-26(2,3)4/h5-10,13,17,20,22,31,36H,11-12,14H2,1-4H3,(H,28,34)(H,29,32). The molecule has 2 aromatic rings. The summed E-state index contributed by atoms with van der Waals surface area (Å²) < 4.78 is 5.31. The number of thiol groups is 1. The number of carbonyl (C=O) groups is 3. The monoisotopic (exact) mass is 533 g/mol. The number of ether oxygens (including phenoxy) is 1. The summed E-state index contributed by atoms with van der Waals surface area (Å²) in [5.41, 5.74) is 0.874. The molecular weight excluding hydrogens is 502 g/mol. The first kappa shape index (κ1) is 27.7. The number of phenolic OH excluding ortho intramolecular Hbond substituents is 1. The van der Waals surface area contributed by atoms with Crippen molar-refractivity contribution in [3.63, 3.8) is 0 Å². The fourth-order valence-electron chi connectivity index (χ4n) is 3.80. The van der Waals surface area contributed by atoms with E-state index >= 15 is 0 Å². The molecular formula is C26H32ClN3O5S. The second-order valence-electron chi connectivity index (χ2n) is 9.78. The van der Waals surface area contributed by atoms with Crippen molar-refractivity contribution in [1.29, 1.82) is 0 Å². The van der Waals surface area contributed by atoms with Gasteiger partial charge in [0.05, 0.1) is 10.7 Å². The van der Waals surface area contributed by atoms with Crippen molar-refractivity contribution in [2.75, 3.05) is 11.1 Å². The number of aromatic hydroxyl groups is 1. The predicted octanol–water partition coefficient (Wildman–Crippen LogP) is 4.85. The molecule has 0 radical (unpaired) electrons. The highest BCUT2D eigenvalue weighted by molar-refractivity contribution is 7.80. The van der Waals surface area contributed by atoms with Gasteiger partial charge in [-0.3, -0.25) is 9.59 Å². The first-order valence-electron chi connectivity index (χ1n) is 11.7. The lowest BCUT2D eigenvalue weighted by Gasteiger charge is -2.34. The molecule has 36 heavy (non-hydrogen) atoms. The smallest absolute Gasteiger partial charge is 0.408 e. The van der Waals surface area contributed by atoms with Gasteiger partial charge < -0.3 is 25.4 Å². The summed E-state index contributed by atoms with van der Waals surface area (Å²) in [4.78, 5) is 41.4. The number of nitrogens with zero attached hydrogens (tertiary/aromatic N) is 1. The second-order valence-corrected chi connectivity index (χ2v) is 10.5. The summed E-state index contributed by atoms with van der Waals surface area (Å²) in [6, 6.07) is 9.14. The van der Waals surface area contributed by atoms with Gasteiger partial charge in [-0.25, -0.2) is 4.79 Å². The van der Waals surface area contributed by atoms with Crippen LogP contribution in [0.15, 0.2) is 42.5 Å². The summed E-state index contributed by atoms with van der Waals surface area (Å²) in [6.45, 7) is 6.98. The number of amides is 3. The lowest BCUT2D eigenvalue weighted by molar-refractivity contribution is -0.141. The number of alkyl carbamates (subject to hydrolysis) is 1. The maximum absolute atomic E-state index is 13.8. The molecule has 0 aliphatic heterocycles. The van der Waals surface area contributed by atoms with Crippen molar-refractivity contribution in [1.82, 2.24) is 10.2 Å². The molecule has 0 saturated heterocycles. The fourth-order valence-corrected chi connectivity index (χ4v) is 4.32. The van der Waals surface area contributed by atoms with E-state index in [9.17, 15) is 19.5 Å². The van der Waals surface area contributed by atoms with E-state index in [0.717, 1.165) is 5.56 Å². The molecule has 3 N–H and O–H groups in total. The SMILES string of the molecule is Cc1cccc(Cl)c1NC(=O)C(c1cccc(O)c1)N(C(=O)C(CS)NC(=O)OC(C)(C)C)C1CC1. The normalized spacial score (nSPS) is 14.9. The van der Waals surface area contributed by atoms with Crippen LogP contribution in [0.4, 0.5) is 10.5 Å². The second kappa shape index (κ2) is 11.4. The number of anilines is 1. The first-order chi connectivity index (χ1) is 16.9. The zero-order chi connectivity index (χ0) is 26.6. The summed E-state index contributed by atoms with van der Waals surface area (Å²) in [6.07, 6.45) is 0.645. The Labute approximate surface area is 221 Å². The molecule has 1 saturated carbocycles. The number of aryl methyl sites for hydroxylation is 1. The molecule has 1 fully saturated rings. The molecule has 194 valence electrons. The van der Waals surface area contributed by atoms with Gasteiger partial charge in [0, 0.05) is 11.8 Å². The van der Waals surface area contributed by atoms with E-state index in [-0.39, 0.29) is 17.5 Å². The number of carbonyl (C=O) groups excluding carboxylic acids is 3. The van der Waals surface area contributed by atoms with Crippen LogP contribution in [0.3, 0.4) is 0 Å². The maximum atomic E-state index is 13.8. The van der Waals surface area contributed by atoms with E-state index in [1.807, 2.05) is 13.0 Å². The zero-order valence-electron chi connectivity index (χ0n) is 20.7. The fraction of sp³-hybridized carbons (Fsp3) is 0.423. The van der Waals surface area contributed by atoms with E-state index in [0.29, 0.717) is 29.1 Å². The molecule has 3 rings (SSSR count). The van der Waals surface area contributed by atoms with E-state index in [4.69, 9.17) is 16.3 Å². The molecule has 8 nitrogen and oxygen atoms in total. The average Bonchev–Trinajstić information content (AvgIpc) is 3.61. The molecule has 0 bridgehead atoms. The Morgan fingerprint density at radius 1 is 1.19 bits per heavy atom. The highest BCUT2D eigenvalue weighted by Crippen LogP contribution is 2.37. The molecule has 1 aliphatic carbocycles. The van der Waals surface area contributed by atoms with E-state index in [1.165, 1.54) is 17.0 Å². The Balaban J connectivity index is 1.98. The van der Waals surface area contributed by atoms with Gasteiger partial charge in [-0.05, 0) is 69.9 Å². The van der Waals surface area contributed by atoms with Crippen LogP contribution >= 0.6 is 24.2 Å². The minimum Gasteiger partial charge on any atom is -0.508 e. The highest BCUT2D eigenvalue weighted by atomic mass is 35.5. The summed E-state index contributed by atoms with van der Waals surface area (Å²) >= 11 is 10.6. The van der Waals surface area contributed by atoms with Crippen molar-refractivity contribution < 1.29 is 24.2 Å². The summed E-state index contributed by atoms with van der Waals surface area (Å²) in [5, 5.41) is 15.9. The summed E-state index contributed by atoms with van der Waals surface area (Å²) in [7, 11) is 0. The van der Waals surface area contributed by atoms with Crippen LogP contribution in [0, 0.1) is 6.92 Å². The molecule has 2 unspecified atom stereocenters. The maximum Gasteiger partial charge on any atom is 0.408 e. The van der Waals surface area contributed by atoms with Gasteiger partial charge in [-0.2, -0.15) is 12.6 Å². The number of hydrogen-bond donors (Lipinski definition) is 4. The molecule has 3 amide bonds. The topological polar surface area (TPSA) is 108 Å². The van der Waals surface area contributed by atoms with E-state index in [2.05, 4.69) is 23.3 Å². The van der Waals surface area contributed by atoms with Gasteiger partial charge in [0.1, 0.15) is 23.4 Å². The predicted molar refractivity (Wildman–Crippen MR) is 143 cm³/mol. The van der Waals surface area contributed by atoms with Crippen molar-refractivity contribution in [3.8, 4) is 5.75 Å². The number of halogens is 1. The van der Waals surface area contributed by atoms with Crippen LogP contribution < -0.4 is 10.6 Å². The number of phenols is 1. The third-order valence-electron chi connectivity index (χ3n) is 5.55. The first-order valence-corrected chi connectivity index (χ1v) is 12.7. The Kier molecular flexibility index (Phi) is 8.79.